The minimum Gasteiger partial charge on any atom is -0.496 e. The first kappa shape index (κ1) is 11.5. The molecule has 0 spiro atoms. The molecule has 1 rings (SSSR count). The van der Waals surface area contributed by atoms with E-state index in [1.54, 1.807) is 20.3 Å². The molecule has 14 heavy (non-hydrogen) atoms. The van der Waals surface area contributed by atoms with Gasteiger partial charge in [-0.3, -0.25) is 0 Å². The fourth-order valence-electron chi connectivity index (χ4n) is 1.35. The third-order valence-electron chi connectivity index (χ3n) is 2.08. The molecule has 0 radical (unpaired) electrons. The van der Waals surface area contributed by atoms with Crippen LogP contribution >= 0.6 is 0 Å². The van der Waals surface area contributed by atoms with Crippen LogP contribution in [0.1, 0.15) is 0 Å². The van der Waals surface area contributed by atoms with Gasteiger partial charge in [-0.15, -0.1) is 0 Å². The number of aliphatic hydroxyl groups is 1. The molecular formula is C9H16O5. The van der Waals surface area contributed by atoms with E-state index in [4.69, 9.17) is 18.9 Å². The third kappa shape index (κ3) is 2.45. The van der Waals surface area contributed by atoms with Crippen LogP contribution in [0.15, 0.2) is 11.8 Å². The summed E-state index contributed by atoms with van der Waals surface area (Å²) in [6.45, 7) is 0.364. The fraction of sp³-hybridized carbons (Fsp3) is 0.778. The van der Waals surface area contributed by atoms with Crippen molar-refractivity contribution in [2.45, 2.75) is 18.5 Å². The molecule has 0 aromatic heterocycles. The molecule has 1 aliphatic heterocycles. The molecule has 0 amide bonds. The number of aliphatic hydroxyl groups excluding tert-OH is 1. The van der Waals surface area contributed by atoms with Gasteiger partial charge >= 0.3 is 0 Å². The largest absolute Gasteiger partial charge is 0.496 e. The van der Waals surface area contributed by atoms with Crippen LogP contribution < -0.4 is 0 Å². The van der Waals surface area contributed by atoms with Crippen LogP contribution in [-0.2, 0) is 18.9 Å². The number of hydrogen-bond donors (Lipinski definition) is 1. The lowest BCUT2D eigenvalue weighted by molar-refractivity contribution is -0.185. The zero-order chi connectivity index (χ0) is 10.6. The summed E-state index contributed by atoms with van der Waals surface area (Å²) in [4.78, 5) is 0. The van der Waals surface area contributed by atoms with Crippen molar-refractivity contribution in [3.63, 3.8) is 0 Å². The lowest BCUT2D eigenvalue weighted by Gasteiger charge is -2.31. The number of hydrogen-bond acceptors (Lipinski definition) is 5. The van der Waals surface area contributed by atoms with Crippen LogP contribution in [0.3, 0.4) is 0 Å². The third-order valence-corrected chi connectivity index (χ3v) is 2.08. The zero-order valence-electron chi connectivity index (χ0n) is 8.60. The highest BCUT2D eigenvalue weighted by molar-refractivity contribution is 5.07. The van der Waals surface area contributed by atoms with Crippen molar-refractivity contribution in [1.82, 2.24) is 0 Å². The van der Waals surface area contributed by atoms with E-state index in [-0.39, 0.29) is 12.2 Å². The van der Waals surface area contributed by atoms with Gasteiger partial charge in [-0.1, -0.05) is 0 Å². The molecule has 0 saturated carbocycles. The van der Waals surface area contributed by atoms with Gasteiger partial charge in [0, 0.05) is 14.2 Å². The molecule has 1 heterocycles. The molecule has 1 unspecified atom stereocenters. The first-order valence-electron chi connectivity index (χ1n) is 4.34. The molecule has 3 atom stereocenters. The maximum Gasteiger partial charge on any atom is 0.214 e. The monoisotopic (exact) mass is 204 g/mol. The summed E-state index contributed by atoms with van der Waals surface area (Å²) in [7, 11) is 4.61. The van der Waals surface area contributed by atoms with Gasteiger partial charge in [-0.25, -0.2) is 0 Å². The molecule has 5 nitrogen and oxygen atoms in total. The van der Waals surface area contributed by atoms with Crippen molar-refractivity contribution in [2.24, 2.45) is 0 Å². The summed E-state index contributed by atoms with van der Waals surface area (Å²) >= 11 is 0. The second kappa shape index (κ2) is 5.31. The van der Waals surface area contributed by atoms with Gasteiger partial charge in [-0.05, 0) is 6.08 Å². The van der Waals surface area contributed by atoms with Gasteiger partial charge in [0.25, 0.3) is 0 Å². The first-order chi connectivity index (χ1) is 6.72. The standard InChI is InChI=1S/C9H16O5/c1-11-5-8-6(12-2)4-7(13-3)9(10)14-8/h4,6,8-10H,5H2,1-3H3/t6-,8+,9?/m0/s1. The average molecular weight is 204 g/mol. The average Bonchev–Trinajstić information content (AvgIpc) is 2.19. The van der Waals surface area contributed by atoms with E-state index in [9.17, 15) is 5.11 Å². The van der Waals surface area contributed by atoms with E-state index in [0.29, 0.717) is 12.4 Å². The molecule has 0 aliphatic carbocycles. The SMILES string of the molecule is COC[C@H]1OC(O)C(OC)=C[C@@H]1OC. The highest BCUT2D eigenvalue weighted by Crippen LogP contribution is 2.20. The van der Waals surface area contributed by atoms with Crippen LogP contribution in [0.5, 0.6) is 0 Å². The van der Waals surface area contributed by atoms with Gasteiger partial charge < -0.3 is 24.1 Å². The van der Waals surface area contributed by atoms with Crippen molar-refractivity contribution >= 4 is 0 Å². The summed E-state index contributed by atoms with van der Waals surface area (Å²) in [6, 6.07) is 0. The van der Waals surface area contributed by atoms with Crippen molar-refractivity contribution in [3.05, 3.63) is 11.8 Å². The zero-order valence-corrected chi connectivity index (χ0v) is 8.60. The Hall–Kier alpha value is -0.620. The Labute approximate surface area is 83.2 Å². The minimum atomic E-state index is -1.04. The van der Waals surface area contributed by atoms with Crippen molar-refractivity contribution < 1.29 is 24.1 Å². The fourth-order valence-corrected chi connectivity index (χ4v) is 1.35. The van der Waals surface area contributed by atoms with Crippen molar-refractivity contribution in [3.8, 4) is 0 Å². The first-order valence-corrected chi connectivity index (χ1v) is 4.34. The molecule has 0 saturated heterocycles. The summed E-state index contributed by atoms with van der Waals surface area (Å²) in [5, 5.41) is 9.45. The van der Waals surface area contributed by atoms with Gasteiger partial charge in [-0.2, -0.15) is 0 Å². The Morgan fingerprint density at radius 2 is 2.14 bits per heavy atom. The van der Waals surface area contributed by atoms with E-state index in [2.05, 4.69) is 0 Å². The normalized spacial score (nSPS) is 32.6. The predicted octanol–water partition coefficient (Wildman–Crippen LogP) is -0.105. The highest BCUT2D eigenvalue weighted by atomic mass is 16.7. The molecule has 0 fully saturated rings. The van der Waals surface area contributed by atoms with Crippen molar-refractivity contribution in [2.75, 3.05) is 27.9 Å². The van der Waals surface area contributed by atoms with Crippen molar-refractivity contribution in [1.29, 1.82) is 0 Å². The molecular weight excluding hydrogens is 188 g/mol. The number of rotatable bonds is 4. The van der Waals surface area contributed by atoms with E-state index in [0.717, 1.165) is 0 Å². The van der Waals surface area contributed by atoms with E-state index in [1.165, 1.54) is 7.11 Å². The summed E-state index contributed by atoms with van der Waals surface area (Å²) in [5.41, 5.74) is 0. The molecule has 1 N–H and O–H groups in total. The maximum absolute atomic E-state index is 9.45. The predicted molar refractivity (Wildman–Crippen MR) is 48.6 cm³/mol. The topological polar surface area (TPSA) is 57.2 Å². The van der Waals surface area contributed by atoms with E-state index in [1.807, 2.05) is 0 Å². The second-order valence-corrected chi connectivity index (χ2v) is 2.96. The molecule has 1 aliphatic rings. The Balaban J connectivity index is 2.70. The lowest BCUT2D eigenvalue weighted by Crippen LogP contribution is -2.41. The highest BCUT2D eigenvalue weighted by Gasteiger charge is 2.31. The molecule has 0 aromatic carbocycles. The number of methoxy groups -OCH3 is 3. The molecule has 5 heteroatoms. The van der Waals surface area contributed by atoms with Crippen LogP contribution in [0.4, 0.5) is 0 Å². The van der Waals surface area contributed by atoms with E-state index < -0.39 is 6.29 Å². The second-order valence-electron chi connectivity index (χ2n) is 2.96. The summed E-state index contributed by atoms with van der Waals surface area (Å²) in [6.07, 6.45) is 0.0939. The lowest BCUT2D eigenvalue weighted by atomic mass is 10.1. The van der Waals surface area contributed by atoms with Gasteiger partial charge in [0.2, 0.25) is 6.29 Å². The van der Waals surface area contributed by atoms with Gasteiger partial charge in [0.15, 0.2) is 5.76 Å². The quantitative estimate of drug-likeness (QED) is 0.692. The van der Waals surface area contributed by atoms with E-state index >= 15 is 0 Å². The Morgan fingerprint density at radius 3 is 2.64 bits per heavy atom. The molecule has 82 valence electrons. The number of ether oxygens (including phenoxy) is 4. The Bertz CT molecular complexity index is 203. The van der Waals surface area contributed by atoms with Crippen LogP contribution in [0.2, 0.25) is 0 Å². The smallest absolute Gasteiger partial charge is 0.214 e. The van der Waals surface area contributed by atoms with Gasteiger partial charge in [0.05, 0.1) is 13.7 Å². The Morgan fingerprint density at radius 1 is 1.43 bits per heavy atom. The summed E-state index contributed by atoms with van der Waals surface area (Å²) in [5.74, 6) is 0.365. The Kier molecular flexibility index (Phi) is 4.34. The van der Waals surface area contributed by atoms with Gasteiger partial charge in [0.1, 0.15) is 12.2 Å². The molecule has 0 bridgehead atoms. The van der Waals surface area contributed by atoms with Crippen LogP contribution in [0, 0.1) is 0 Å². The molecule has 0 aromatic rings. The summed E-state index contributed by atoms with van der Waals surface area (Å²) < 4.78 is 20.3. The van der Waals surface area contributed by atoms with Crippen LogP contribution in [0.25, 0.3) is 0 Å². The maximum atomic E-state index is 9.45. The van der Waals surface area contributed by atoms with Crippen LogP contribution in [-0.4, -0.2) is 51.5 Å². The minimum absolute atomic E-state index is 0.256.